The molecule has 1 aliphatic heterocycles. The molecule has 3 heteroatoms. The zero-order valence-electron chi connectivity index (χ0n) is 12.6. The summed E-state index contributed by atoms with van der Waals surface area (Å²) in [5, 5.41) is 6.63. The summed E-state index contributed by atoms with van der Waals surface area (Å²) in [6.07, 6.45) is 3.96. The van der Waals surface area contributed by atoms with Crippen molar-refractivity contribution in [3.8, 4) is 0 Å². The van der Waals surface area contributed by atoms with Crippen LogP contribution in [-0.2, 0) is 11.2 Å². The topological polar surface area (TPSA) is 41.1 Å². The third-order valence-corrected chi connectivity index (χ3v) is 4.69. The number of aryl methyl sites for hydroxylation is 1. The van der Waals surface area contributed by atoms with E-state index in [0.717, 1.165) is 12.1 Å². The molecule has 1 aliphatic carbocycles. The molecule has 2 atom stereocenters. The smallest absolute Gasteiger partial charge is 0.224 e. The minimum absolute atomic E-state index is 0.129. The zero-order valence-corrected chi connectivity index (χ0v) is 12.6. The molecule has 2 unspecified atom stereocenters. The Bertz CT molecular complexity index is 536. The zero-order chi connectivity index (χ0) is 14.3. The van der Waals surface area contributed by atoms with Crippen LogP contribution in [-0.4, -0.2) is 11.9 Å². The van der Waals surface area contributed by atoms with Crippen LogP contribution in [0.2, 0.25) is 0 Å². The molecule has 20 heavy (non-hydrogen) atoms. The maximum atomic E-state index is 11.4. The van der Waals surface area contributed by atoms with Crippen molar-refractivity contribution in [2.24, 2.45) is 11.3 Å². The SMILES string of the molecule is CC1CC(C)(C)CC1Nc1ccc2c(c1)CCC(=O)N2. The van der Waals surface area contributed by atoms with E-state index >= 15 is 0 Å². The number of hydrogen-bond acceptors (Lipinski definition) is 2. The van der Waals surface area contributed by atoms with Crippen molar-refractivity contribution in [2.75, 3.05) is 10.6 Å². The van der Waals surface area contributed by atoms with Crippen LogP contribution in [0.25, 0.3) is 0 Å². The monoisotopic (exact) mass is 272 g/mol. The van der Waals surface area contributed by atoms with Gasteiger partial charge in [0.1, 0.15) is 0 Å². The fourth-order valence-corrected chi connectivity index (χ4v) is 3.77. The van der Waals surface area contributed by atoms with Crippen molar-refractivity contribution in [2.45, 2.75) is 52.5 Å². The lowest BCUT2D eigenvalue weighted by molar-refractivity contribution is -0.116. The van der Waals surface area contributed by atoms with Gasteiger partial charge in [0, 0.05) is 23.8 Å². The highest BCUT2D eigenvalue weighted by Crippen LogP contribution is 2.42. The summed E-state index contributed by atoms with van der Waals surface area (Å²) in [6.45, 7) is 7.05. The summed E-state index contributed by atoms with van der Waals surface area (Å²) in [4.78, 5) is 11.4. The van der Waals surface area contributed by atoms with E-state index < -0.39 is 0 Å². The van der Waals surface area contributed by atoms with E-state index in [1.165, 1.54) is 24.1 Å². The van der Waals surface area contributed by atoms with Crippen LogP contribution in [0.15, 0.2) is 18.2 Å². The van der Waals surface area contributed by atoms with Crippen molar-refractivity contribution in [3.63, 3.8) is 0 Å². The molecule has 2 aliphatic rings. The highest BCUT2D eigenvalue weighted by atomic mass is 16.1. The van der Waals surface area contributed by atoms with Crippen LogP contribution >= 0.6 is 0 Å². The first-order valence-electron chi connectivity index (χ1n) is 7.62. The predicted octanol–water partition coefficient (Wildman–Crippen LogP) is 3.81. The fourth-order valence-electron chi connectivity index (χ4n) is 3.77. The van der Waals surface area contributed by atoms with Gasteiger partial charge in [0.2, 0.25) is 5.91 Å². The van der Waals surface area contributed by atoms with E-state index in [1.54, 1.807) is 0 Å². The average molecular weight is 272 g/mol. The van der Waals surface area contributed by atoms with Gasteiger partial charge in [-0.15, -0.1) is 0 Å². The number of hydrogen-bond donors (Lipinski definition) is 2. The van der Waals surface area contributed by atoms with Crippen LogP contribution < -0.4 is 10.6 Å². The summed E-state index contributed by atoms with van der Waals surface area (Å²) >= 11 is 0. The summed E-state index contributed by atoms with van der Waals surface area (Å²) in [7, 11) is 0. The van der Waals surface area contributed by atoms with Gasteiger partial charge in [-0.1, -0.05) is 20.8 Å². The first kappa shape index (κ1) is 13.5. The Hall–Kier alpha value is -1.51. The minimum Gasteiger partial charge on any atom is -0.382 e. The van der Waals surface area contributed by atoms with Gasteiger partial charge < -0.3 is 10.6 Å². The summed E-state index contributed by atoms with van der Waals surface area (Å²) < 4.78 is 0. The highest BCUT2D eigenvalue weighted by Gasteiger charge is 2.36. The molecule has 0 radical (unpaired) electrons. The van der Waals surface area contributed by atoms with Crippen molar-refractivity contribution in [1.82, 2.24) is 0 Å². The molecule has 3 nitrogen and oxygen atoms in total. The Kier molecular flexibility index (Phi) is 3.23. The Morgan fingerprint density at radius 1 is 1.25 bits per heavy atom. The molecule has 0 saturated heterocycles. The molecular weight excluding hydrogens is 248 g/mol. The summed E-state index contributed by atoms with van der Waals surface area (Å²) in [6, 6.07) is 6.87. The van der Waals surface area contributed by atoms with E-state index in [9.17, 15) is 4.79 Å². The number of amides is 1. The number of fused-ring (bicyclic) bond motifs is 1. The molecule has 1 heterocycles. The van der Waals surface area contributed by atoms with Crippen molar-refractivity contribution < 1.29 is 4.79 Å². The molecule has 1 aromatic carbocycles. The van der Waals surface area contributed by atoms with Crippen molar-refractivity contribution in [1.29, 1.82) is 0 Å². The first-order valence-corrected chi connectivity index (χ1v) is 7.62. The number of nitrogens with one attached hydrogen (secondary N) is 2. The molecule has 2 N–H and O–H groups in total. The molecule has 1 amide bonds. The minimum atomic E-state index is 0.129. The second kappa shape index (κ2) is 4.80. The second-order valence-electron chi connectivity index (χ2n) is 7.22. The van der Waals surface area contributed by atoms with Crippen molar-refractivity contribution in [3.05, 3.63) is 23.8 Å². The number of rotatable bonds is 2. The molecule has 1 saturated carbocycles. The second-order valence-corrected chi connectivity index (χ2v) is 7.22. The number of anilines is 2. The number of carbonyl (C=O) groups is 1. The molecule has 108 valence electrons. The third-order valence-electron chi connectivity index (χ3n) is 4.69. The Labute approximate surface area is 121 Å². The largest absolute Gasteiger partial charge is 0.382 e. The molecule has 0 bridgehead atoms. The van der Waals surface area contributed by atoms with Crippen LogP contribution in [0, 0.1) is 11.3 Å². The number of carbonyl (C=O) groups excluding carboxylic acids is 1. The first-order chi connectivity index (χ1) is 9.43. The molecular formula is C17H24N2O. The standard InChI is InChI=1S/C17H24N2O/c1-11-9-17(2,3)10-15(11)18-13-5-6-14-12(8-13)4-7-16(20)19-14/h5-6,8,11,15,18H,4,7,9-10H2,1-3H3,(H,19,20). The lowest BCUT2D eigenvalue weighted by Gasteiger charge is -2.22. The van der Waals surface area contributed by atoms with Gasteiger partial charge in [0.25, 0.3) is 0 Å². The Morgan fingerprint density at radius 3 is 2.75 bits per heavy atom. The fraction of sp³-hybridized carbons (Fsp3) is 0.588. The highest BCUT2D eigenvalue weighted by molar-refractivity contribution is 5.94. The van der Waals surface area contributed by atoms with Gasteiger partial charge in [-0.05, 0) is 54.4 Å². The van der Waals surface area contributed by atoms with Gasteiger partial charge in [0.15, 0.2) is 0 Å². The van der Waals surface area contributed by atoms with Gasteiger partial charge in [-0.25, -0.2) is 0 Å². The van der Waals surface area contributed by atoms with E-state index in [-0.39, 0.29) is 5.91 Å². The van der Waals surface area contributed by atoms with Gasteiger partial charge in [0.05, 0.1) is 0 Å². The van der Waals surface area contributed by atoms with Crippen LogP contribution in [0.1, 0.15) is 45.6 Å². The van der Waals surface area contributed by atoms with E-state index in [4.69, 9.17) is 0 Å². The van der Waals surface area contributed by atoms with Gasteiger partial charge in [-0.3, -0.25) is 4.79 Å². The average Bonchev–Trinajstić information content (AvgIpc) is 2.62. The maximum Gasteiger partial charge on any atom is 0.224 e. The van der Waals surface area contributed by atoms with Crippen LogP contribution in [0.5, 0.6) is 0 Å². The van der Waals surface area contributed by atoms with Crippen LogP contribution in [0.4, 0.5) is 11.4 Å². The Balaban J connectivity index is 1.74. The van der Waals surface area contributed by atoms with E-state index in [1.807, 2.05) is 6.07 Å². The molecule has 1 fully saturated rings. The molecule has 0 spiro atoms. The van der Waals surface area contributed by atoms with E-state index in [0.29, 0.717) is 23.8 Å². The van der Waals surface area contributed by atoms with E-state index in [2.05, 4.69) is 43.5 Å². The Morgan fingerprint density at radius 2 is 2.05 bits per heavy atom. The lowest BCUT2D eigenvalue weighted by atomic mass is 9.91. The molecule has 3 rings (SSSR count). The normalized spacial score (nSPS) is 27.9. The van der Waals surface area contributed by atoms with Gasteiger partial charge >= 0.3 is 0 Å². The van der Waals surface area contributed by atoms with Crippen molar-refractivity contribution >= 4 is 17.3 Å². The lowest BCUT2D eigenvalue weighted by Crippen LogP contribution is -2.23. The maximum absolute atomic E-state index is 11.4. The van der Waals surface area contributed by atoms with Gasteiger partial charge in [-0.2, -0.15) is 0 Å². The third kappa shape index (κ3) is 2.67. The van der Waals surface area contributed by atoms with Crippen LogP contribution in [0.3, 0.4) is 0 Å². The molecule has 0 aromatic heterocycles. The molecule has 1 aromatic rings. The quantitative estimate of drug-likeness (QED) is 0.859. The summed E-state index contributed by atoms with van der Waals surface area (Å²) in [5.74, 6) is 0.838. The predicted molar refractivity (Wildman–Crippen MR) is 83.0 cm³/mol. The summed E-state index contributed by atoms with van der Waals surface area (Å²) in [5.41, 5.74) is 3.86. The number of benzene rings is 1.